The summed E-state index contributed by atoms with van der Waals surface area (Å²) in [4.78, 5) is 28.1. The van der Waals surface area contributed by atoms with Crippen LogP contribution in [-0.4, -0.2) is 28.5 Å². The Kier molecular flexibility index (Phi) is 5.20. The van der Waals surface area contributed by atoms with E-state index in [9.17, 15) is 9.59 Å². The summed E-state index contributed by atoms with van der Waals surface area (Å²) in [5.41, 5.74) is 9.48. The minimum absolute atomic E-state index is 0.0332. The molecule has 2 bridgehead atoms. The van der Waals surface area contributed by atoms with Gasteiger partial charge in [-0.2, -0.15) is 0 Å². The maximum Gasteiger partial charge on any atom is 0.251 e. The molecule has 0 spiro atoms. The topological polar surface area (TPSA) is 68.3 Å². The molecule has 2 aromatic carbocycles. The lowest BCUT2D eigenvalue weighted by molar-refractivity contribution is -0.135. The van der Waals surface area contributed by atoms with Crippen LogP contribution in [0.1, 0.15) is 41.2 Å². The smallest absolute Gasteiger partial charge is 0.251 e. The van der Waals surface area contributed by atoms with Crippen molar-refractivity contribution in [2.24, 2.45) is 11.7 Å². The molecule has 0 aliphatic carbocycles. The lowest BCUT2D eigenvalue weighted by Gasteiger charge is -2.47. The molecule has 1 amide bonds. The van der Waals surface area contributed by atoms with Crippen molar-refractivity contribution in [3.8, 4) is 0 Å². The van der Waals surface area contributed by atoms with E-state index in [1.54, 1.807) is 6.07 Å². The largest absolute Gasteiger partial charge is 0.340 e. The van der Waals surface area contributed by atoms with Crippen LogP contribution in [0.5, 0.6) is 0 Å². The zero-order valence-electron chi connectivity index (χ0n) is 17.4. The van der Waals surface area contributed by atoms with Crippen molar-refractivity contribution in [3.05, 3.63) is 106 Å². The molecule has 0 saturated carbocycles. The lowest BCUT2D eigenvalue weighted by Crippen LogP contribution is -2.53. The highest BCUT2D eigenvalue weighted by molar-refractivity contribution is 5.83. The zero-order valence-corrected chi connectivity index (χ0v) is 17.4. The molecule has 1 aromatic heterocycles. The second-order valence-corrected chi connectivity index (χ2v) is 8.74. The van der Waals surface area contributed by atoms with Gasteiger partial charge in [-0.05, 0) is 36.0 Å². The predicted molar refractivity (Wildman–Crippen MR) is 121 cm³/mol. The van der Waals surface area contributed by atoms with Gasteiger partial charge >= 0.3 is 0 Å². The van der Waals surface area contributed by atoms with E-state index in [0.717, 1.165) is 24.1 Å². The molecule has 0 radical (unpaired) electrons. The fraction of sp³-hybridized carbons (Fsp3) is 0.308. The Labute approximate surface area is 182 Å². The van der Waals surface area contributed by atoms with Gasteiger partial charge in [0.2, 0.25) is 5.91 Å². The molecule has 2 aliphatic rings. The average molecular weight is 414 g/mol. The lowest BCUT2D eigenvalue weighted by atomic mass is 9.76. The first-order valence-corrected chi connectivity index (χ1v) is 11.0. The first-order chi connectivity index (χ1) is 15.1. The van der Waals surface area contributed by atoms with Crippen LogP contribution >= 0.6 is 0 Å². The van der Waals surface area contributed by atoms with Gasteiger partial charge in [-0.1, -0.05) is 66.7 Å². The molecular formula is C26H27N3O2. The third-order valence-electron chi connectivity index (χ3n) is 6.82. The molecule has 31 heavy (non-hydrogen) atoms. The average Bonchev–Trinajstić information content (AvgIpc) is 2.82. The second-order valence-electron chi connectivity index (χ2n) is 8.74. The number of aromatic nitrogens is 1. The van der Waals surface area contributed by atoms with Crippen molar-refractivity contribution in [3.63, 3.8) is 0 Å². The number of piperidine rings is 1. The van der Waals surface area contributed by atoms with Crippen molar-refractivity contribution < 1.29 is 4.79 Å². The number of hydrogen-bond acceptors (Lipinski definition) is 3. The first kappa shape index (κ1) is 19.8. The Morgan fingerprint density at radius 3 is 2.39 bits per heavy atom. The number of rotatable bonds is 4. The summed E-state index contributed by atoms with van der Waals surface area (Å²) in [5.74, 6) is 0.344. The summed E-state index contributed by atoms with van der Waals surface area (Å²) >= 11 is 0. The molecule has 3 aromatic rings. The molecule has 5 nitrogen and oxygen atoms in total. The van der Waals surface area contributed by atoms with E-state index in [-0.39, 0.29) is 29.3 Å². The number of likely N-dealkylation sites (tertiary alicyclic amines) is 1. The van der Waals surface area contributed by atoms with E-state index in [4.69, 9.17) is 5.73 Å². The Hall–Kier alpha value is -3.18. The van der Waals surface area contributed by atoms with E-state index >= 15 is 0 Å². The van der Waals surface area contributed by atoms with Gasteiger partial charge in [-0.3, -0.25) is 9.59 Å². The van der Waals surface area contributed by atoms with Gasteiger partial charge in [-0.15, -0.1) is 0 Å². The van der Waals surface area contributed by atoms with Gasteiger partial charge in [0.05, 0.1) is 0 Å². The van der Waals surface area contributed by atoms with Gasteiger partial charge in [-0.25, -0.2) is 0 Å². The minimum atomic E-state index is -0.662. The summed E-state index contributed by atoms with van der Waals surface area (Å²) in [6, 6.07) is 24.7. The molecule has 3 heterocycles. The maximum atomic E-state index is 13.3. The van der Waals surface area contributed by atoms with Gasteiger partial charge in [0, 0.05) is 36.8 Å². The van der Waals surface area contributed by atoms with Crippen LogP contribution in [0.15, 0.2) is 83.7 Å². The molecule has 2 N–H and O–H groups in total. The first-order valence-electron chi connectivity index (χ1n) is 11.0. The Morgan fingerprint density at radius 2 is 1.65 bits per heavy atom. The summed E-state index contributed by atoms with van der Waals surface area (Å²) in [7, 11) is 0. The van der Waals surface area contributed by atoms with Crippen LogP contribution in [0.4, 0.5) is 0 Å². The van der Waals surface area contributed by atoms with E-state index in [0.29, 0.717) is 13.1 Å². The summed E-state index contributed by atoms with van der Waals surface area (Å²) in [6.07, 6.45) is 1.77. The third-order valence-corrected chi connectivity index (χ3v) is 6.82. The molecular weight excluding hydrogens is 386 g/mol. The quantitative estimate of drug-likeness (QED) is 0.714. The number of benzene rings is 2. The zero-order chi connectivity index (χ0) is 21.4. The van der Waals surface area contributed by atoms with Crippen molar-refractivity contribution in [2.75, 3.05) is 13.1 Å². The molecule has 4 atom stereocenters. The van der Waals surface area contributed by atoms with Crippen LogP contribution in [0, 0.1) is 5.92 Å². The summed E-state index contributed by atoms with van der Waals surface area (Å²) in [6.45, 7) is 1.24. The van der Waals surface area contributed by atoms with Crippen molar-refractivity contribution >= 4 is 5.91 Å². The van der Waals surface area contributed by atoms with Crippen LogP contribution in [0.3, 0.4) is 0 Å². The van der Waals surface area contributed by atoms with Crippen LogP contribution in [0.2, 0.25) is 0 Å². The van der Waals surface area contributed by atoms with Gasteiger partial charge < -0.3 is 15.2 Å². The maximum absolute atomic E-state index is 13.3. The number of nitrogens with two attached hydrogens (primary N) is 1. The van der Waals surface area contributed by atoms with Gasteiger partial charge in [0.1, 0.15) is 6.04 Å². The number of hydrogen-bond donors (Lipinski definition) is 1. The van der Waals surface area contributed by atoms with E-state index in [2.05, 4.69) is 12.1 Å². The second kappa shape index (κ2) is 8.16. The normalized spacial score (nSPS) is 23.1. The molecule has 158 valence electrons. The van der Waals surface area contributed by atoms with E-state index in [1.807, 2.05) is 70.1 Å². The molecule has 2 aliphatic heterocycles. The highest BCUT2D eigenvalue weighted by Gasteiger charge is 2.42. The number of nitrogens with zero attached hydrogens (tertiary/aromatic N) is 2. The van der Waals surface area contributed by atoms with Crippen molar-refractivity contribution in [1.82, 2.24) is 9.47 Å². The van der Waals surface area contributed by atoms with E-state index < -0.39 is 6.04 Å². The van der Waals surface area contributed by atoms with Gasteiger partial charge in [0.25, 0.3) is 5.56 Å². The minimum Gasteiger partial charge on any atom is -0.340 e. The predicted octanol–water partition coefficient (Wildman–Crippen LogP) is 3.28. The van der Waals surface area contributed by atoms with Crippen LogP contribution < -0.4 is 11.3 Å². The number of carbonyl (C=O) groups is 1. The third kappa shape index (κ3) is 3.70. The van der Waals surface area contributed by atoms with Gasteiger partial charge in [0.15, 0.2) is 0 Å². The molecule has 1 saturated heterocycles. The number of carbonyl (C=O) groups excluding carboxylic acids is 1. The summed E-state index contributed by atoms with van der Waals surface area (Å²) in [5, 5.41) is 0. The Balaban J connectivity index is 1.47. The SMILES string of the molecule is N[C@@H](C(=O)N1C[C@H]2C[C@@H](C1)[C@H](Cc1ccccc1)n1c2cccc1=O)c1ccccc1. The van der Waals surface area contributed by atoms with E-state index in [1.165, 1.54) is 5.56 Å². The number of fused-ring (bicyclic) bond motifs is 4. The number of amides is 1. The Morgan fingerprint density at radius 1 is 0.935 bits per heavy atom. The highest BCUT2D eigenvalue weighted by Crippen LogP contribution is 2.42. The highest BCUT2D eigenvalue weighted by atomic mass is 16.2. The fourth-order valence-electron chi connectivity index (χ4n) is 5.34. The number of pyridine rings is 1. The standard InChI is InChI=1S/C26H27N3O2/c27-25(19-10-5-2-6-11-19)26(31)28-16-20-15-21(17-28)23(14-18-8-3-1-4-9-18)29-22(20)12-7-13-24(29)30/h1-13,20-21,23,25H,14-17,27H2/t20-,21+,23+,25-/m1/s1. The Bertz CT molecular complexity index is 1130. The molecule has 5 rings (SSSR count). The van der Waals surface area contributed by atoms with Crippen molar-refractivity contribution in [2.45, 2.75) is 30.8 Å². The molecule has 1 fully saturated rings. The molecule has 0 unspecified atom stereocenters. The monoisotopic (exact) mass is 413 g/mol. The van der Waals surface area contributed by atoms with Crippen LogP contribution in [0.25, 0.3) is 0 Å². The summed E-state index contributed by atoms with van der Waals surface area (Å²) < 4.78 is 1.99. The fourth-order valence-corrected chi connectivity index (χ4v) is 5.34. The molecule has 5 heteroatoms. The van der Waals surface area contributed by atoms with Crippen LogP contribution in [-0.2, 0) is 11.2 Å². The van der Waals surface area contributed by atoms with Crippen molar-refractivity contribution in [1.29, 1.82) is 0 Å².